The Bertz CT molecular complexity index is 648. The van der Waals surface area contributed by atoms with E-state index >= 15 is 0 Å². The smallest absolute Gasteiger partial charge is 0.160 e. The SMILES string of the molecule is CC(C)N1CCC(Cc2nc3cccnc3n2C2CC2)CC1. The maximum absolute atomic E-state index is 4.91. The average molecular weight is 298 g/mol. The van der Waals surface area contributed by atoms with E-state index in [9.17, 15) is 0 Å². The van der Waals surface area contributed by atoms with Crippen molar-refractivity contribution < 1.29 is 0 Å². The third kappa shape index (κ3) is 2.65. The van der Waals surface area contributed by atoms with E-state index in [0.717, 1.165) is 23.5 Å². The molecule has 4 nitrogen and oxygen atoms in total. The van der Waals surface area contributed by atoms with Crippen LogP contribution in [0.2, 0.25) is 0 Å². The first-order valence-electron chi connectivity index (χ1n) is 8.78. The van der Waals surface area contributed by atoms with Crippen LogP contribution in [0.25, 0.3) is 11.2 Å². The van der Waals surface area contributed by atoms with Crippen LogP contribution < -0.4 is 0 Å². The highest BCUT2D eigenvalue weighted by atomic mass is 15.2. The van der Waals surface area contributed by atoms with Gasteiger partial charge in [-0.1, -0.05) is 0 Å². The molecule has 0 aromatic carbocycles. The van der Waals surface area contributed by atoms with Crippen molar-refractivity contribution in [3.8, 4) is 0 Å². The number of nitrogens with zero attached hydrogens (tertiary/aromatic N) is 4. The highest BCUT2D eigenvalue weighted by Gasteiger charge is 2.30. The van der Waals surface area contributed by atoms with Crippen molar-refractivity contribution in [1.82, 2.24) is 19.4 Å². The van der Waals surface area contributed by atoms with Gasteiger partial charge in [-0.05, 0) is 70.7 Å². The second-order valence-corrected chi connectivity index (χ2v) is 7.25. The molecule has 1 saturated carbocycles. The maximum Gasteiger partial charge on any atom is 0.160 e. The quantitative estimate of drug-likeness (QED) is 0.867. The predicted octanol–water partition coefficient (Wildman–Crippen LogP) is 3.43. The summed E-state index contributed by atoms with van der Waals surface area (Å²) in [5.74, 6) is 2.06. The molecule has 4 heteroatoms. The molecule has 2 aliphatic rings. The molecule has 0 atom stereocenters. The summed E-state index contributed by atoms with van der Waals surface area (Å²) in [5.41, 5.74) is 2.17. The van der Waals surface area contributed by atoms with E-state index < -0.39 is 0 Å². The molecule has 0 spiro atoms. The fraction of sp³-hybridized carbons (Fsp3) is 0.667. The summed E-state index contributed by atoms with van der Waals surface area (Å²) in [7, 11) is 0. The third-order valence-electron chi connectivity index (χ3n) is 5.28. The van der Waals surface area contributed by atoms with Crippen LogP contribution in [-0.2, 0) is 6.42 Å². The van der Waals surface area contributed by atoms with Crippen LogP contribution in [0.3, 0.4) is 0 Å². The van der Waals surface area contributed by atoms with Gasteiger partial charge in [-0.3, -0.25) is 0 Å². The number of aromatic nitrogens is 3. The minimum absolute atomic E-state index is 0.658. The van der Waals surface area contributed by atoms with Gasteiger partial charge in [0, 0.05) is 24.7 Å². The Labute approximate surface area is 132 Å². The van der Waals surface area contributed by atoms with Crippen molar-refractivity contribution in [2.24, 2.45) is 5.92 Å². The second kappa shape index (κ2) is 5.65. The van der Waals surface area contributed by atoms with Crippen molar-refractivity contribution in [2.75, 3.05) is 13.1 Å². The number of imidazole rings is 1. The van der Waals surface area contributed by atoms with Gasteiger partial charge in [-0.15, -0.1) is 0 Å². The molecule has 2 fully saturated rings. The lowest BCUT2D eigenvalue weighted by atomic mass is 9.92. The summed E-state index contributed by atoms with van der Waals surface area (Å²) in [6.45, 7) is 7.09. The topological polar surface area (TPSA) is 34.0 Å². The standard InChI is InChI=1S/C18H26N4/c1-13(2)21-10-7-14(8-11-21)12-17-20-16-4-3-9-19-18(16)22(17)15-5-6-15/h3-4,9,13-15H,5-8,10-12H2,1-2H3. The van der Waals surface area contributed by atoms with E-state index in [1.165, 1.54) is 44.6 Å². The summed E-state index contributed by atoms with van der Waals surface area (Å²) in [4.78, 5) is 12.1. The molecule has 1 saturated heterocycles. The normalized spacial score (nSPS) is 21.0. The molecule has 2 aromatic heterocycles. The number of hydrogen-bond donors (Lipinski definition) is 0. The summed E-state index contributed by atoms with van der Waals surface area (Å²) in [5, 5.41) is 0. The molecule has 22 heavy (non-hydrogen) atoms. The Morgan fingerprint density at radius 1 is 1.18 bits per heavy atom. The minimum Gasteiger partial charge on any atom is -0.310 e. The number of likely N-dealkylation sites (tertiary alicyclic amines) is 1. The molecule has 3 heterocycles. The molecular formula is C18H26N4. The molecule has 0 N–H and O–H groups in total. The largest absolute Gasteiger partial charge is 0.310 e. The second-order valence-electron chi connectivity index (χ2n) is 7.25. The zero-order valence-electron chi connectivity index (χ0n) is 13.7. The summed E-state index contributed by atoms with van der Waals surface area (Å²) >= 11 is 0. The number of pyridine rings is 1. The Balaban J connectivity index is 1.53. The van der Waals surface area contributed by atoms with Gasteiger partial charge < -0.3 is 9.47 Å². The van der Waals surface area contributed by atoms with Crippen molar-refractivity contribution in [2.45, 2.75) is 58.0 Å². The van der Waals surface area contributed by atoms with Crippen molar-refractivity contribution in [3.05, 3.63) is 24.2 Å². The fourth-order valence-corrected chi connectivity index (χ4v) is 3.77. The van der Waals surface area contributed by atoms with Gasteiger partial charge in [0.1, 0.15) is 11.3 Å². The van der Waals surface area contributed by atoms with Crippen molar-refractivity contribution in [3.63, 3.8) is 0 Å². The van der Waals surface area contributed by atoms with Crippen LogP contribution >= 0.6 is 0 Å². The lowest BCUT2D eigenvalue weighted by Crippen LogP contribution is -2.39. The number of hydrogen-bond acceptors (Lipinski definition) is 3. The number of fused-ring (bicyclic) bond motifs is 1. The van der Waals surface area contributed by atoms with Crippen LogP contribution in [0.15, 0.2) is 18.3 Å². The summed E-state index contributed by atoms with van der Waals surface area (Å²) in [6.07, 6.45) is 8.22. The highest BCUT2D eigenvalue weighted by molar-refractivity contribution is 5.71. The van der Waals surface area contributed by atoms with Crippen molar-refractivity contribution >= 4 is 11.2 Å². The van der Waals surface area contributed by atoms with Crippen LogP contribution in [0.1, 0.15) is 51.4 Å². The van der Waals surface area contributed by atoms with Gasteiger partial charge in [0.2, 0.25) is 0 Å². The number of piperidine rings is 1. The lowest BCUT2D eigenvalue weighted by Gasteiger charge is -2.34. The minimum atomic E-state index is 0.658. The van der Waals surface area contributed by atoms with Crippen LogP contribution in [0.4, 0.5) is 0 Å². The van der Waals surface area contributed by atoms with E-state index in [1.807, 2.05) is 12.3 Å². The Morgan fingerprint density at radius 3 is 2.64 bits per heavy atom. The monoisotopic (exact) mass is 298 g/mol. The van der Waals surface area contributed by atoms with E-state index in [0.29, 0.717) is 12.1 Å². The van der Waals surface area contributed by atoms with E-state index in [-0.39, 0.29) is 0 Å². The molecule has 4 rings (SSSR count). The van der Waals surface area contributed by atoms with E-state index in [4.69, 9.17) is 4.98 Å². The zero-order chi connectivity index (χ0) is 15.1. The van der Waals surface area contributed by atoms with Gasteiger partial charge in [-0.25, -0.2) is 9.97 Å². The first-order valence-corrected chi connectivity index (χ1v) is 8.78. The van der Waals surface area contributed by atoms with Gasteiger partial charge in [0.05, 0.1) is 0 Å². The Morgan fingerprint density at radius 2 is 1.95 bits per heavy atom. The first kappa shape index (κ1) is 14.2. The number of rotatable bonds is 4. The molecular weight excluding hydrogens is 272 g/mol. The van der Waals surface area contributed by atoms with E-state index in [1.54, 1.807) is 0 Å². The van der Waals surface area contributed by atoms with Gasteiger partial charge in [0.25, 0.3) is 0 Å². The third-order valence-corrected chi connectivity index (χ3v) is 5.28. The fourth-order valence-electron chi connectivity index (χ4n) is 3.77. The van der Waals surface area contributed by atoms with Crippen LogP contribution in [-0.4, -0.2) is 38.6 Å². The molecule has 1 aliphatic carbocycles. The molecule has 2 aromatic rings. The summed E-state index contributed by atoms with van der Waals surface area (Å²) in [6, 6.07) is 5.44. The van der Waals surface area contributed by atoms with Crippen LogP contribution in [0.5, 0.6) is 0 Å². The summed E-state index contributed by atoms with van der Waals surface area (Å²) < 4.78 is 2.43. The predicted molar refractivity (Wildman–Crippen MR) is 88.9 cm³/mol. The Kier molecular flexibility index (Phi) is 3.65. The maximum atomic E-state index is 4.91. The molecule has 0 bridgehead atoms. The molecule has 1 aliphatic heterocycles. The molecule has 0 unspecified atom stereocenters. The lowest BCUT2D eigenvalue weighted by molar-refractivity contribution is 0.148. The van der Waals surface area contributed by atoms with Gasteiger partial charge in [-0.2, -0.15) is 0 Å². The van der Waals surface area contributed by atoms with Crippen molar-refractivity contribution in [1.29, 1.82) is 0 Å². The first-order chi connectivity index (χ1) is 10.7. The molecule has 0 radical (unpaired) electrons. The van der Waals surface area contributed by atoms with E-state index in [2.05, 4.69) is 34.4 Å². The molecule has 0 amide bonds. The Hall–Kier alpha value is -1.42. The van der Waals surface area contributed by atoms with Gasteiger partial charge in [0.15, 0.2) is 5.65 Å². The average Bonchev–Trinajstić information content (AvgIpc) is 3.29. The highest BCUT2D eigenvalue weighted by Crippen LogP contribution is 2.39. The zero-order valence-corrected chi connectivity index (χ0v) is 13.7. The molecule has 118 valence electrons. The van der Waals surface area contributed by atoms with Gasteiger partial charge >= 0.3 is 0 Å². The van der Waals surface area contributed by atoms with Crippen LogP contribution in [0, 0.1) is 5.92 Å².